The van der Waals surface area contributed by atoms with E-state index in [0.717, 1.165) is 0 Å². The topological polar surface area (TPSA) is 70.0 Å². The third-order valence-electron chi connectivity index (χ3n) is 1.61. The Balaban J connectivity index is 2.80. The summed E-state index contributed by atoms with van der Waals surface area (Å²) in [5.74, 6) is -0.352. The molecule has 0 unspecified atom stereocenters. The summed E-state index contributed by atoms with van der Waals surface area (Å²) in [5, 5.41) is 10.6. The maximum atomic E-state index is 11.3. The number of carbonyl (C=O) groups excluding carboxylic acids is 2. The SMILES string of the molecule is N#CCNC(=O)c1cccc(C=O)c1. The van der Waals surface area contributed by atoms with Crippen LogP contribution in [0, 0.1) is 11.3 Å². The van der Waals surface area contributed by atoms with E-state index in [2.05, 4.69) is 5.32 Å². The molecular formula is C10H8N2O2. The Kier molecular flexibility index (Phi) is 3.39. The number of aldehydes is 1. The van der Waals surface area contributed by atoms with E-state index >= 15 is 0 Å². The highest BCUT2D eigenvalue weighted by molar-refractivity contribution is 5.95. The smallest absolute Gasteiger partial charge is 0.252 e. The summed E-state index contributed by atoms with van der Waals surface area (Å²) < 4.78 is 0. The largest absolute Gasteiger partial charge is 0.339 e. The van der Waals surface area contributed by atoms with E-state index in [4.69, 9.17) is 5.26 Å². The Bertz CT molecular complexity index is 393. The average molecular weight is 188 g/mol. The molecule has 0 saturated carbocycles. The molecule has 0 fully saturated rings. The van der Waals surface area contributed by atoms with Crippen LogP contribution in [0.4, 0.5) is 0 Å². The van der Waals surface area contributed by atoms with E-state index in [1.165, 1.54) is 6.07 Å². The second kappa shape index (κ2) is 4.77. The van der Waals surface area contributed by atoms with Crippen molar-refractivity contribution in [3.63, 3.8) is 0 Å². The second-order valence-corrected chi connectivity index (χ2v) is 2.58. The van der Waals surface area contributed by atoms with Gasteiger partial charge in [-0.2, -0.15) is 5.26 Å². The van der Waals surface area contributed by atoms with Gasteiger partial charge in [-0.15, -0.1) is 0 Å². The van der Waals surface area contributed by atoms with Crippen molar-refractivity contribution in [2.45, 2.75) is 0 Å². The van der Waals surface area contributed by atoms with Gasteiger partial charge < -0.3 is 5.32 Å². The molecule has 1 aromatic carbocycles. The first-order valence-corrected chi connectivity index (χ1v) is 3.98. The molecular weight excluding hydrogens is 180 g/mol. The van der Waals surface area contributed by atoms with E-state index in [-0.39, 0.29) is 12.5 Å². The third-order valence-corrected chi connectivity index (χ3v) is 1.61. The summed E-state index contributed by atoms with van der Waals surface area (Å²) in [6.07, 6.45) is 0.668. The van der Waals surface area contributed by atoms with E-state index in [1.807, 2.05) is 0 Å². The first kappa shape index (κ1) is 9.93. The monoisotopic (exact) mass is 188 g/mol. The molecule has 0 heterocycles. The lowest BCUT2D eigenvalue weighted by atomic mass is 10.1. The number of nitrogens with zero attached hydrogens (tertiary/aromatic N) is 1. The van der Waals surface area contributed by atoms with E-state index in [9.17, 15) is 9.59 Å². The standard InChI is InChI=1S/C10H8N2O2/c11-4-5-12-10(14)9-3-1-2-8(6-9)7-13/h1-3,6-7H,5H2,(H,12,14). The van der Waals surface area contributed by atoms with Crippen LogP contribution in [0.3, 0.4) is 0 Å². The predicted molar refractivity (Wildman–Crippen MR) is 49.8 cm³/mol. The van der Waals surface area contributed by atoms with Gasteiger partial charge in [0.05, 0.1) is 6.07 Å². The van der Waals surface area contributed by atoms with Crippen molar-refractivity contribution in [2.75, 3.05) is 6.54 Å². The molecule has 1 aromatic rings. The maximum absolute atomic E-state index is 11.3. The van der Waals surface area contributed by atoms with Gasteiger partial charge in [0.1, 0.15) is 12.8 Å². The molecule has 0 bridgehead atoms. The highest BCUT2D eigenvalue weighted by atomic mass is 16.1. The molecule has 70 valence electrons. The zero-order valence-corrected chi connectivity index (χ0v) is 7.36. The number of rotatable bonds is 3. The molecule has 0 spiro atoms. The molecule has 1 rings (SSSR count). The quantitative estimate of drug-likeness (QED) is 0.562. The number of hydrogen-bond donors (Lipinski definition) is 1. The van der Waals surface area contributed by atoms with Gasteiger partial charge in [-0.05, 0) is 12.1 Å². The normalized spacial score (nSPS) is 8.79. The predicted octanol–water partition coefficient (Wildman–Crippen LogP) is 0.752. The van der Waals surface area contributed by atoms with Gasteiger partial charge in [0, 0.05) is 11.1 Å². The lowest BCUT2D eigenvalue weighted by molar-refractivity contribution is 0.0958. The lowest BCUT2D eigenvalue weighted by Crippen LogP contribution is -2.23. The zero-order chi connectivity index (χ0) is 10.4. The summed E-state index contributed by atoms with van der Waals surface area (Å²) in [6, 6.07) is 8.07. The Morgan fingerprint density at radius 2 is 2.36 bits per heavy atom. The number of nitriles is 1. The highest BCUT2D eigenvalue weighted by Crippen LogP contribution is 2.02. The Hall–Kier alpha value is -2.15. The van der Waals surface area contributed by atoms with E-state index in [1.54, 1.807) is 24.3 Å². The van der Waals surface area contributed by atoms with Crippen LogP contribution >= 0.6 is 0 Å². The minimum Gasteiger partial charge on any atom is -0.339 e. The van der Waals surface area contributed by atoms with E-state index in [0.29, 0.717) is 17.4 Å². The van der Waals surface area contributed by atoms with Crippen molar-refractivity contribution < 1.29 is 9.59 Å². The Morgan fingerprint density at radius 3 is 3.00 bits per heavy atom. The number of amides is 1. The molecule has 0 aliphatic heterocycles. The number of nitrogens with one attached hydrogen (secondary N) is 1. The maximum Gasteiger partial charge on any atom is 0.252 e. The van der Waals surface area contributed by atoms with Crippen molar-refractivity contribution in [3.05, 3.63) is 35.4 Å². The summed E-state index contributed by atoms with van der Waals surface area (Å²) in [6.45, 7) is -0.0375. The summed E-state index contributed by atoms with van der Waals surface area (Å²) in [5.41, 5.74) is 0.819. The molecule has 14 heavy (non-hydrogen) atoms. The van der Waals surface area contributed by atoms with Crippen LogP contribution in [0.15, 0.2) is 24.3 Å². The Labute approximate surface area is 81.2 Å². The van der Waals surface area contributed by atoms with Crippen molar-refractivity contribution in [2.24, 2.45) is 0 Å². The second-order valence-electron chi connectivity index (χ2n) is 2.58. The fourth-order valence-corrected chi connectivity index (χ4v) is 0.975. The highest BCUT2D eigenvalue weighted by Gasteiger charge is 2.04. The van der Waals surface area contributed by atoms with Gasteiger partial charge in [0.15, 0.2) is 0 Å². The first-order valence-electron chi connectivity index (χ1n) is 3.98. The van der Waals surface area contributed by atoms with Crippen LogP contribution in [-0.2, 0) is 0 Å². The van der Waals surface area contributed by atoms with Gasteiger partial charge in [-0.3, -0.25) is 9.59 Å². The molecule has 4 heteroatoms. The van der Waals surface area contributed by atoms with Crippen molar-refractivity contribution in [1.29, 1.82) is 5.26 Å². The van der Waals surface area contributed by atoms with Crippen LogP contribution in [0.2, 0.25) is 0 Å². The molecule has 0 radical (unpaired) electrons. The number of benzene rings is 1. The van der Waals surface area contributed by atoms with Gasteiger partial charge in [0.25, 0.3) is 5.91 Å². The fraction of sp³-hybridized carbons (Fsp3) is 0.100. The van der Waals surface area contributed by atoms with E-state index < -0.39 is 0 Å². The van der Waals surface area contributed by atoms with Crippen molar-refractivity contribution >= 4 is 12.2 Å². The fourth-order valence-electron chi connectivity index (χ4n) is 0.975. The van der Waals surface area contributed by atoms with Gasteiger partial charge >= 0.3 is 0 Å². The molecule has 0 aliphatic rings. The van der Waals surface area contributed by atoms with Gasteiger partial charge in [0.2, 0.25) is 0 Å². The molecule has 1 amide bonds. The molecule has 0 atom stereocenters. The third kappa shape index (κ3) is 2.42. The van der Waals surface area contributed by atoms with Crippen LogP contribution in [-0.4, -0.2) is 18.7 Å². The first-order chi connectivity index (χ1) is 6.77. The zero-order valence-electron chi connectivity index (χ0n) is 7.36. The number of carbonyl (C=O) groups is 2. The Morgan fingerprint density at radius 1 is 1.57 bits per heavy atom. The lowest BCUT2D eigenvalue weighted by Gasteiger charge is -2.00. The molecule has 4 nitrogen and oxygen atoms in total. The van der Waals surface area contributed by atoms with Crippen LogP contribution < -0.4 is 5.32 Å². The molecule has 1 N–H and O–H groups in total. The van der Waals surface area contributed by atoms with Crippen LogP contribution in [0.25, 0.3) is 0 Å². The minimum absolute atomic E-state index is 0.0375. The number of hydrogen-bond acceptors (Lipinski definition) is 3. The van der Waals surface area contributed by atoms with Crippen LogP contribution in [0.5, 0.6) is 0 Å². The van der Waals surface area contributed by atoms with Crippen LogP contribution in [0.1, 0.15) is 20.7 Å². The molecule has 0 aliphatic carbocycles. The molecule has 0 aromatic heterocycles. The molecule has 0 saturated heterocycles. The summed E-state index contributed by atoms with van der Waals surface area (Å²) in [7, 11) is 0. The average Bonchev–Trinajstić information content (AvgIpc) is 2.26. The van der Waals surface area contributed by atoms with Gasteiger partial charge in [-0.25, -0.2) is 0 Å². The minimum atomic E-state index is -0.352. The van der Waals surface area contributed by atoms with Crippen molar-refractivity contribution in [1.82, 2.24) is 5.32 Å². The summed E-state index contributed by atoms with van der Waals surface area (Å²) in [4.78, 5) is 21.7. The summed E-state index contributed by atoms with van der Waals surface area (Å²) >= 11 is 0. The van der Waals surface area contributed by atoms with Crippen molar-refractivity contribution in [3.8, 4) is 6.07 Å². The van der Waals surface area contributed by atoms with Gasteiger partial charge in [-0.1, -0.05) is 12.1 Å².